The van der Waals surface area contributed by atoms with Crippen LogP contribution in [0.3, 0.4) is 0 Å². The Balaban J connectivity index is 3.61. The van der Waals surface area contributed by atoms with E-state index in [4.69, 9.17) is 5.26 Å². The summed E-state index contributed by atoms with van der Waals surface area (Å²) < 4.78 is 0.712. The molecule has 0 saturated carbocycles. The Kier molecular flexibility index (Phi) is 3.67. The van der Waals surface area contributed by atoms with Crippen LogP contribution in [0.5, 0.6) is 0 Å². The van der Waals surface area contributed by atoms with Crippen LogP contribution in [0.1, 0.15) is 0 Å². The van der Waals surface area contributed by atoms with Gasteiger partial charge < -0.3 is 0 Å². The SMILES string of the molecule is C=C(Br)SC(=C)C#N. The lowest BCUT2D eigenvalue weighted by atomic mass is 10.7. The molecule has 42 valence electrons. The van der Waals surface area contributed by atoms with E-state index in [2.05, 4.69) is 29.1 Å². The molecule has 0 bridgehead atoms. The van der Waals surface area contributed by atoms with E-state index in [1.165, 1.54) is 11.8 Å². The molecule has 0 amide bonds. The highest BCUT2D eigenvalue weighted by atomic mass is 79.9. The molecule has 3 heteroatoms. The standard InChI is InChI=1S/C5H4BrNS/c1-4(3-7)8-5(2)6/h1-2H2. The van der Waals surface area contributed by atoms with Gasteiger partial charge in [0.15, 0.2) is 0 Å². The van der Waals surface area contributed by atoms with E-state index in [1.54, 1.807) is 0 Å². The predicted molar refractivity (Wildman–Crippen MR) is 40.4 cm³/mol. The number of allylic oxidation sites excluding steroid dienone is 1. The minimum absolute atomic E-state index is 0.451. The molecule has 0 aromatic heterocycles. The van der Waals surface area contributed by atoms with Crippen LogP contribution in [0.25, 0.3) is 0 Å². The van der Waals surface area contributed by atoms with E-state index < -0.39 is 0 Å². The maximum absolute atomic E-state index is 8.15. The highest BCUT2D eigenvalue weighted by Gasteiger charge is 1.90. The quantitative estimate of drug-likeness (QED) is 0.625. The summed E-state index contributed by atoms with van der Waals surface area (Å²) in [6.07, 6.45) is 0. The second-order valence-electron chi connectivity index (χ2n) is 0.992. The highest BCUT2D eigenvalue weighted by molar-refractivity contribution is 9.14. The van der Waals surface area contributed by atoms with Gasteiger partial charge in [-0.05, 0) is 15.9 Å². The third-order valence-corrected chi connectivity index (χ3v) is 1.40. The van der Waals surface area contributed by atoms with Gasteiger partial charge in [-0.25, -0.2) is 0 Å². The zero-order valence-electron chi connectivity index (χ0n) is 4.15. The minimum atomic E-state index is 0.451. The summed E-state index contributed by atoms with van der Waals surface area (Å²) in [7, 11) is 0. The zero-order valence-corrected chi connectivity index (χ0v) is 6.55. The fourth-order valence-electron chi connectivity index (χ4n) is 0.157. The average Bonchev–Trinajstić information content (AvgIpc) is 1.65. The van der Waals surface area contributed by atoms with Crippen molar-refractivity contribution in [2.45, 2.75) is 0 Å². The number of hydrogen-bond donors (Lipinski definition) is 0. The fraction of sp³-hybridized carbons (Fsp3) is 0. The van der Waals surface area contributed by atoms with Crippen molar-refractivity contribution in [3.63, 3.8) is 0 Å². The predicted octanol–water partition coefficient (Wildman–Crippen LogP) is 2.62. The molecule has 8 heavy (non-hydrogen) atoms. The van der Waals surface area contributed by atoms with Gasteiger partial charge in [-0.2, -0.15) is 5.26 Å². The molecule has 0 radical (unpaired) electrons. The van der Waals surface area contributed by atoms with Gasteiger partial charge in [-0.3, -0.25) is 0 Å². The molecule has 1 nitrogen and oxygen atoms in total. The molecule has 0 saturated heterocycles. The summed E-state index contributed by atoms with van der Waals surface area (Å²) in [4.78, 5) is 0.451. The molecule has 0 aliphatic heterocycles. The summed E-state index contributed by atoms with van der Waals surface area (Å²) in [5, 5.41) is 8.15. The topological polar surface area (TPSA) is 23.8 Å². The lowest BCUT2D eigenvalue weighted by Crippen LogP contribution is -1.60. The van der Waals surface area contributed by atoms with E-state index in [9.17, 15) is 0 Å². The molecule has 0 aliphatic carbocycles. The normalized spacial score (nSPS) is 7.50. The Morgan fingerprint density at radius 3 is 2.25 bits per heavy atom. The van der Waals surface area contributed by atoms with Gasteiger partial charge in [0, 0.05) is 3.81 Å². The number of hydrogen-bond acceptors (Lipinski definition) is 2. The van der Waals surface area contributed by atoms with Gasteiger partial charge in [-0.1, -0.05) is 24.9 Å². The van der Waals surface area contributed by atoms with Crippen molar-refractivity contribution >= 4 is 27.7 Å². The first-order chi connectivity index (χ1) is 3.66. The third-order valence-electron chi connectivity index (χ3n) is 0.359. The highest BCUT2D eigenvalue weighted by Crippen LogP contribution is 2.25. The first kappa shape index (κ1) is 7.80. The number of halogens is 1. The van der Waals surface area contributed by atoms with Crippen molar-refractivity contribution in [1.82, 2.24) is 0 Å². The average molecular weight is 190 g/mol. The largest absolute Gasteiger partial charge is 0.192 e. The molecular weight excluding hydrogens is 186 g/mol. The molecule has 0 unspecified atom stereocenters. The first-order valence-corrected chi connectivity index (χ1v) is 3.39. The van der Waals surface area contributed by atoms with E-state index in [-0.39, 0.29) is 0 Å². The second kappa shape index (κ2) is 3.76. The van der Waals surface area contributed by atoms with Gasteiger partial charge in [-0.15, -0.1) is 0 Å². The minimum Gasteiger partial charge on any atom is -0.192 e. The van der Waals surface area contributed by atoms with E-state index in [0.717, 1.165) is 0 Å². The number of thioether (sulfide) groups is 1. The lowest BCUT2D eigenvalue weighted by Gasteiger charge is -1.87. The van der Waals surface area contributed by atoms with Crippen LogP contribution in [0.15, 0.2) is 21.9 Å². The smallest absolute Gasteiger partial charge is 0.106 e. The van der Waals surface area contributed by atoms with Crippen molar-refractivity contribution < 1.29 is 0 Å². The van der Waals surface area contributed by atoms with Crippen LogP contribution >= 0.6 is 27.7 Å². The molecule has 0 N–H and O–H groups in total. The molecule has 0 aromatic carbocycles. The van der Waals surface area contributed by atoms with Crippen LogP contribution < -0.4 is 0 Å². The summed E-state index contributed by atoms with van der Waals surface area (Å²) in [6.45, 7) is 6.94. The van der Waals surface area contributed by atoms with Gasteiger partial charge in [0.25, 0.3) is 0 Å². The molecule has 0 aliphatic rings. The Morgan fingerprint density at radius 2 is 2.12 bits per heavy atom. The number of nitriles is 1. The number of rotatable bonds is 2. The molecule has 0 heterocycles. The summed E-state index contributed by atoms with van der Waals surface area (Å²) in [5.41, 5.74) is 0. The zero-order chi connectivity index (χ0) is 6.57. The van der Waals surface area contributed by atoms with Crippen molar-refractivity contribution in [1.29, 1.82) is 5.26 Å². The van der Waals surface area contributed by atoms with Crippen LogP contribution in [0, 0.1) is 11.3 Å². The summed E-state index contributed by atoms with van der Waals surface area (Å²) in [6, 6.07) is 1.87. The Labute approximate surface area is 61.2 Å². The van der Waals surface area contributed by atoms with Crippen LogP contribution in [-0.4, -0.2) is 0 Å². The van der Waals surface area contributed by atoms with E-state index >= 15 is 0 Å². The van der Waals surface area contributed by atoms with Crippen molar-refractivity contribution in [3.8, 4) is 6.07 Å². The maximum atomic E-state index is 8.15. The molecule has 0 rings (SSSR count). The molecule has 0 atom stereocenters. The van der Waals surface area contributed by atoms with Gasteiger partial charge in [0.05, 0.1) is 4.91 Å². The van der Waals surface area contributed by atoms with Gasteiger partial charge in [0.2, 0.25) is 0 Å². The Hall–Kier alpha value is -0.200. The van der Waals surface area contributed by atoms with E-state index in [0.29, 0.717) is 8.72 Å². The lowest BCUT2D eigenvalue weighted by molar-refractivity contribution is 1.53. The molecule has 0 spiro atoms. The van der Waals surface area contributed by atoms with E-state index in [1.807, 2.05) is 6.07 Å². The van der Waals surface area contributed by atoms with Crippen LogP contribution in [0.4, 0.5) is 0 Å². The summed E-state index contributed by atoms with van der Waals surface area (Å²) in [5.74, 6) is 0. The van der Waals surface area contributed by atoms with Crippen molar-refractivity contribution in [2.24, 2.45) is 0 Å². The Bertz CT molecular complexity index is 156. The Morgan fingerprint density at radius 1 is 1.62 bits per heavy atom. The fourth-order valence-corrected chi connectivity index (χ4v) is 1.06. The third kappa shape index (κ3) is 3.97. The second-order valence-corrected chi connectivity index (χ2v) is 3.66. The van der Waals surface area contributed by atoms with Gasteiger partial charge in [0.1, 0.15) is 6.07 Å². The molecule has 0 fully saturated rings. The maximum Gasteiger partial charge on any atom is 0.106 e. The monoisotopic (exact) mass is 189 g/mol. The van der Waals surface area contributed by atoms with Gasteiger partial charge >= 0.3 is 0 Å². The van der Waals surface area contributed by atoms with Crippen molar-refractivity contribution in [2.75, 3.05) is 0 Å². The van der Waals surface area contributed by atoms with Crippen molar-refractivity contribution in [3.05, 3.63) is 21.9 Å². The number of nitrogens with zero attached hydrogens (tertiary/aromatic N) is 1. The molecular formula is C5H4BrNS. The van der Waals surface area contributed by atoms with Crippen LogP contribution in [0.2, 0.25) is 0 Å². The molecule has 0 aromatic rings. The summed E-state index contributed by atoms with van der Waals surface area (Å²) >= 11 is 4.29. The first-order valence-electron chi connectivity index (χ1n) is 1.78. The van der Waals surface area contributed by atoms with Crippen LogP contribution in [-0.2, 0) is 0 Å².